The minimum atomic E-state index is 0.0990. The molecule has 0 aromatic carbocycles. The van der Waals surface area contributed by atoms with E-state index < -0.39 is 0 Å². The van der Waals surface area contributed by atoms with E-state index >= 15 is 0 Å². The van der Waals surface area contributed by atoms with Crippen LogP contribution >= 0.6 is 0 Å². The molecule has 0 saturated carbocycles. The second-order valence-corrected chi connectivity index (χ2v) is 6.37. The van der Waals surface area contributed by atoms with E-state index in [1.54, 1.807) is 0 Å². The van der Waals surface area contributed by atoms with Crippen molar-refractivity contribution in [1.82, 2.24) is 15.0 Å². The van der Waals surface area contributed by atoms with Crippen LogP contribution in [0.3, 0.4) is 0 Å². The van der Waals surface area contributed by atoms with Crippen LogP contribution in [0.25, 0.3) is 0 Å². The van der Waals surface area contributed by atoms with Gasteiger partial charge in [0.05, 0.1) is 13.2 Å². The van der Waals surface area contributed by atoms with Gasteiger partial charge >= 0.3 is 0 Å². The fourth-order valence-corrected chi connectivity index (χ4v) is 3.48. The van der Waals surface area contributed by atoms with Gasteiger partial charge in [-0.05, 0) is 38.5 Å². The zero-order valence-corrected chi connectivity index (χ0v) is 13.2. The maximum Gasteiger partial charge on any atom is 0.246 e. The summed E-state index contributed by atoms with van der Waals surface area (Å²) >= 11 is 0. The Morgan fingerprint density at radius 3 is 2.95 bits per heavy atom. The highest BCUT2D eigenvalue weighted by molar-refractivity contribution is 5.10. The van der Waals surface area contributed by atoms with E-state index in [1.807, 2.05) is 6.92 Å². The number of rotatable bonds is 3. The van der Waals surface area contributed by atoms with Crippen LogP contribution in [0, 0.1) is 18.8 Å². The number of hydrogen-bond acceptors (Lipinski definition) is 5. The fraction of sp³-hybridized carbons (Fsp3) is 0.750. The van der Waals surface area contributed by atoms with E-state index in [-0.39, 0.29) is 6.04 Å². The van der Waals surface area contributed by atoms with Crippen LogP contribution in [-0.4, -0.2) is 41.3 Å². The molecule has 2 heterocycles. The van der Waals surface area contributed by atoms with Gasteiger partial charge in [-0.1, -0.05) is 23.7 Å². The molecule has 0 amide bonds. The Morgan fingerprint density at radius 1 is 1.38 bits per heavy atom. The van der Waals surface area contributed by atoms with Crippen molar-refractivity contribution >= 4 is 0 Å². The molecule has 0 bridgehead atoms. The minimum Gasteiger partial charge on any atom is -0.378 e. The van der Waals surface area contributed by atoms with Gasteiger partial charge < -0.3 is 9.26 Å². The van der Waals surface area contributed by atoms with E-state index in [9.17, 15) is 0 Å². The Morgan fingerprint density at radius 2 is 2.24 bits per heavy atom. The largest absolute Gasteiger partial charge is 0.378 e. The van der Waals surface area contributed by atoms with Gasteiger partial charge in [0.25, 0.3) is 0 Å². The zero-order valence-electron chi connectivity index (χ0n) is 13.2. The maximum absolute atomic E-state index is 5.63. The molecule has 1 aliphatic heterocycles. The number of ether oxygens (including phenoxy) is 1. The Labute approximate surface area is 126 Å². The predicted octanol–water partition coefficient (Wildman–Crippen LogP) is 2.74. The molecule has 1 saturated heterocycles. The third-order valence-corrected chi connectivity index (χ3v) is 4.86. The average Bonchev–Trinajstić information content (AvgIpc) is 2.90. The van der Waals surface area contributed by atoms with Crippen LogP contribution in [0.4, 0.5) is 0 Å². The van der Waals surface area contributed by atoms with Crippen LogP contribution in [0.15, 0.2) is 16.2 Å². The second kappa shape index (κ2) is 6.28. The molecule has 1 aromatic heterocycles. The molecule has 1 aliphatic carbocycles. The Kier molecular flexibility index (Phi) is 4.40. The van der Waals surface area contributed by atoms with Gasteiger partial charge in [-0.3, -0.25) is 4.90 Å². The Bertz CT molecular complexity index is 511. The molecule has 21 heavy (non-hydrogen) atoms. The molecule has 0 spiro atoms. The van der Waals surface area contributed by atoms with Gasteiger partial charge in [0.2, 0.25) is 5.89 Å². The lowest BCUT2D eigenvalue weighted by Crippen LogP contribution is -2.43. The van der Waals surface area contributed by atoms with Crippen LogP contribution in [0.1, 0.15) is 44.4 Å². The molecule has 0 N–H and O–H groups in total. The molecule has 2 aliphatic rings. The summed E-state index contributed by atoms with van der Waals surface area (Å²) in [7, 11) is 0. The van der Waals surface area contributed by atoms with Crippen LogP contribution in [-0.2, 0) is 4.74 Å². The fourth-order valence-electron chi connectivity index (χ4n) is 3.48. The van der Waals surface area contributed by atoms with Crippen molar-refractivity contribution in [3.63, 3.8) is 0 Å². The first-order valence-corrected chi connectivity index (χ1v) is 7.94. The molecule has 1 aromatic rings. The van der Waals surface area contributed by atoms with Crippen molar-refractivity contribution in [1.29, 1.82) is 0 Å². The highest BCUT2D eigenvalue weighted by atomic mass is 16.5. The summed E-state index contributed by atoms with van der Waals surface area (Å²) in [6, 6.07) is 0.0990. The standard InChI is InChI=1S/C16H25N3O2/c1-11-5-4-6-12(2)14(11)9-19-7-8-20-10-15(19)16-17-13(3)18-21-16/h5,12,14-15H,4,6-10H2,1-3H3/t12-,14+,15-/m0/s1. The van der Waals surface area contributed by atoms with E-state index in [4.69, 9.17) is 9.26 Å². The molecule has 1 fully saturated rings. The minimum absolute atomic E-state index is 0.0990. The summed E-state index contributed by atoms with van der Waals surface area (Å²) in [4.78, 5) is 6.86. The number of hydrogen-bond donors (Lipinski definition) is 0. The topological polar surface area (TPSA) is 51.4 Å². The summed E-state index contributed by atoms with van der Waals surface area (Å²) in [5.41, 5.74) is 1.53. The van der Waals surface area contributed by atoms with Crippen molar-refractivity contribution in [3.05, 3.63) is 23.4 Å². The van der Waals surface area contributed by atoms with Crippen molar-refractivity contribution in [2.75, 3.05) is 26.3 Å². The molecule has 5 heteroatoms. The van der Waals surface area contributed by atoms with E-state index in [1.165, 1.54) is 18.4 Å². The smallest absolute Gasteiger partial charge is 0.246 e. The first kappa shape index (κ1) is 14.7. The van der Waals surface area contributed by atoms with Gasteiger partial charge in [0.1, 0.15) is 6.04 Å². The molecule has 116 valence electrons. The average molecular weight is 291 g/mol. The molecular weight excluding hydrogens is 266 g/mol. The third-order valence-electron chi connectivity index (χ3n) is 4.86. The molecule has 0 radical (unpaired) electrons. The number of nitrogens with zero attached hydrogens (tertiary/aromatic N) is 3. The molecule has 3 atom stereocenters. The number of allylic oxidation sites excluding steroid dienone is 1. The molecule has 3 rings (SSSR count). The summed E-state index contributed by atoms with van der Waals surface area (Å²) in [5.74, 6) is 2.75. The van der Waals surface area contributed by atoms with E-state index in [0.29, 0.717) is 24.2 Å². The quantitative estimate of drug-likeness (QED) is 0.802. The van der Waals surface area contributed by atoms with Gasteiger partial charge in [-0.2, -0.15) is 4.98 Å². The van der Waals surface area contributed by atoms with Crippen LogP contribution in [0.5, 0.6) is 0 Å². The van der Waals surface area contributed by atoms with Crippen LogP contribution in [0.2, 0.25) is 0 Å². The molecule has 5 nitrogen and oxygen atoms in total. The maximum atomic E-state index is 5.63. The summed E-state index contributed by atoms with van der Waals surface area (Å²) < 4.78 is 11.0. The van der Waals surface area contributed by atoms with Gasteiger partial charge in [0.15, 0.2) is 5.82 Å². The first-order valence-electron chi connectivity index (χ1n) is 7.94. The van der Waals surface area contributed by atoms with E-state index in [2.05, 4.69) is 35.0 Å². The normalized spacial score (nSPS) is 31.2. The highest BCUT2D eigenvalue weighted by Gasteiger charge is 2.33. The Balaban J connectivity index is 1.75. The van der Waals surface area contributed by atoms with Crippen LogP contribution < -0.4 is 0 Å². The van der Waals surface area contributed by atoms with Gasteiger partial charge in [-0.15, -0.1) is 0 Å². The van der Waals surface area contributed by atoms with Gasteiger partial charge in [-0.25, -0.2) is 0 Å². The van der Waals surface area contributed by atoms with Crippen molar-refractivity contribution < 1.29 is 9.26 Å². The third kappa shape index (κ3) is 3.19. The van der Waals surface area contributed by atoms with Crippen molar-refractivity contribution in [3.8, 4) is 0 Å². The predicted molar refractivity (Wildman–Crippen MR) is 79.8 cm³/mol. The lowest BCUT2D eigenvalue weighted by atomic mass is 9.79. The molecule has 0 unspecified atom stereocenters. The highest BCUT2D eigenvalue weighted by Crippen LogP contribution is 2.33. The Hall–Kier alpha value is -1.20. The van der Waals surface area contributed by atoms with Crippen molar-refractivity contribution in [2.24, 2.45) is 11.8 Å². The number of aromatic nitrogens is 2. The van der Waals surface area contributed by atoms with Gasteiger partial charge in [0, 0.05) is 13.1 Å². The molecular formula is C16H25N3O2. The zero-order chi connectivity index (χ0) is 14.8. The number of morpholine rings is 1. The van der Waals surface area contributed by atoms with E-state index in [0.717, 1.165) is 25.6 Å². The van der Waals surface area contributed by atoms with Crippen molar-refractivity contribution in [2.45, 2.75) is 39.7 Å². The summed E-state index contributed by atoms with van der Waals surface area (Å²) in [6.07, 6.45) is 4.91. The lowest BCUT2D eigenvalue weighted by molar-refractivity contribution is -0.0278. The monoisotopic (exact) mass is 291 g/mol. The summed E-state index contributed by atoms with van der Waals surface area (Å²) in [6.45, 7) is 9.91. The summed E-state index contributed by atoms with van der Waals surface area (Å²) in [5, 5.41) is 3.92. The first-order chi connectivity index (χ1) is 10.1. The SMILES string of the molecule is CC1=CCC[C@H](C)[C@@H]1CN1CCOC[C@H]1c1nc(C)no1. The number of aryl methyl sites for hydroxylation is 1. The second-order valence-electron chi connectivity index (χ2n) is 6.37. The lowest BCUT2D eigenvalue weighted by Gasteiger charge is -2.38.